The highest BCUT2D eigenvalue weighted by Crippen LogP contribution is 2.28. The molecule has 0 aromatic heterocycles. The number of hydrogen-bond donors (Lipinski definition) is 1. The molecule has 0 radical (unpaired) electrons. The molecule has 0 fully saturated rings. The van der Waals surface area contributed by atoms with Crippen LogP contribution in [0.25, 0.3) is 0 Å². The molecule has 0 saturated carbocycles. The Morgan fingerprint density at radius 3 is 2.28 bits per heavy atom. The van der Waals surface area contributed by atoms with E-state index in [4.69, 9.17) is 9.47 Å². The lowest BCUT2D eigenvalue weighted by Crippen LogP contribution is -2.38. The van der Waals surface area contributed by atoms with Gasteiger partial charge in [-0.15, -0.1) is 0 Å². The van der Waals surface area contributed by atoms with Gasteiger partial charge in [-0.05, 0) is 67.6 Å². The molecule has 3 rings (SSSR count). The van der Waals surface area contributed by atoms with E-state index >= 15 is 0 Å². The molecule has 1 amide bonds. The molecular weight excluding hydrogens is 496 g/mol. The van der Waals surface area contributed by atoms with E-state index in [0.29, 0.717) is 29.5 Å². The van der Waals surface area contributed by atoms with Crippen molar-refractivity contribution in [1.29, 1.82) is 0 Å². The lowest BCUT2D eigenvalue weighted by molar-refractivity contribution is -0.114. The van der Waals surface area contributed by atoms with Gasteiger partial charge in [-0.2, -0.15) is 0 Å². The fourth-order valence-corrected chi connectivity index (χ4v) is 4.68. The minimum Gasteiger partial charge on any atom is -0.495 e. The average molecular weight is 519 g/mol. The summed E-state index contributed by atoms with van der Waals surface area (Å²) in [4.78, 5) is 12.9. The zero-order valence-electron chi connectivity index (χ0n) is 17.6. The normalized spacial score (nSPS) is 11.0. The third kappa shape index (κ3) is 5.60. The van der Waals surface area contributed by atoms with Gasteiger partial charge in [-0.3, -0.25) is 9.10 Å². The van der Waals surface area contributed by atoms with E-state index in [1.165, 1.54) is 19.2 Å². The van der Waals surface area contributed by atoms with Gasteiger partial charge in [0.1, 0.15) is 18.0 Å². The Morgan fingerprint density at radius 1 is 1.00 bits per heavy atom. The summed E-state index contributed by atoms with van der Waals surface area (Å²) in [6, 6.07) is 19.7. The van der Waals surface area contributed by atoms with Crippen LogP contribution in [0.3, 0.4) is 0 Å². The number of anilines is 2. The average Bonchev–Trinajstić information content (AvgIpc) is 2.79. The van der Waals surface area contributed by atoms with E-state index in [-0.39, 0.29) is 4.90 Å². The highest BCUT2D eigenvalue weighted by atomic mass is 79.9. The van der Waals surface area contributed by atoms with Gasteiger partial charge in [0.25, 0.3) is 10.0 Å². The third-order valence-corrected chi connectivity index (χ3v) is 6.82. The minimum absolute atomic E-state index is 0.0691. The second kappa shape index (κ2) is 10.5. The number of benzene rings is 3. The number of hydrogen-bond acceptors (Lipinski definition) is 5. The molecule has 0 unspecified atom stereocenters. The number of halogens is 1. The van der Waals surface area contributed by atoms with E-state index in [0.717, 1.165) is 8.78 Å². The van der Waals surface area contributed by atoms with Crippen LogP contribution in [0.5, 0.6) is 11.5 Å². The number of amides is 1. The molecule has 0 spiro atoms. The summed E-state index contributed by atoms with van der Waals surface area (Å²) in [6.45, 7) is 1.92. The fraction of sp³-hybridized carbons (Fsp3) is 0.174. The standard InChI is InChI=1S/C23H23BrN2O5S/c1-3-31-19-12-10-18(11-13-19)26(32(28,29)20-14-8-17(24)9-15-20)16-23(27)25-21-6-4-5-7-22(21)30-2/h4-15H,3,16H2,1-2H3,(H,25,27). The van der Waals surface area contributed by atoms with Gasteiger partial charge < -0.3 is 14.8 Å². The maximum absolute atomic E-state index is 13.4. The first-order valence-electron chi connectivity index (χ1n) is 9.79. The van der Waals surface area contributed by atoms with Crippen LogP contribution in [-0.2, 0) is 14.8 Å². The summed E-state index contributed by atoms with van der Waals surface area (Å²) in [5.74, 6) is 0.573. The molecule has 168 valence electrons. The molecule has 32 heavy (non-hydrogen) atoms. The van der Waals surface area contributed by atoms with Gasteiger partial charge in [0.2, 0.25) is 5.91 Å². The number of nitrogens with one attached hydrogen (secondary N) is 1. The second-order valence-corrected chi connectivity index (χ2v) is 9.42. The molecule has 0 aliphatic carbocycles. The van der Waals surface area contributed by atoms with Crippen LogP contribution in [0.15, 0.2) is 82.2 Å². The first-order chi connectivity index (χ1) is 15.3. The number of para-hydroxylation sites is 2. The Hall–Kier alpha value is -3.04. The van der Waals surface area contributed by atoms with E-state index in [1.807, 2.05) is 6.92 Å². The molecule has 7 nitrogen and oxygen atoms in total. The topological polar surface area (TPSA) is 84.9 Å². The lowest BCUT2D eigenvalue weighted by atomic mass is 10.3. The Morgan fingerprint density at radius 2 is 1.66 bits per heavy atom. The van der Waals surface area contributed by atoms with Gasteiger partial charge in [0.15, 0.2) is 0 Å². The van der Waals surface area contributed by atoms with Crippen molar-refractivity contribution < 1.29 is 22.7 Å². The van der Waals surface area contributed by atoms with Crippen molar-refractivity contribution in [2.75, 3.05) is 29.9 Å². The maximum Gasteiger partial charge on any atom is 0.264 e. The highest BCUT2D eigenvalue weighted by molar-refractivity contribution is 9.10. The predicted octanol–water partition coefficient (Wildman–Crippen LogP) is 4.69. The Bertz CT molecular complexity index is 1170. The van der Waals surface area contributed by atoms with Crippen LogP contribution < -0.4 is 19.1 Å². The summed E-state index contributed by atoms with van der Waals surface area (Å²) < 4.78 is 39.4. The van der Waals surface area contributed by atoms with Crippen molar-refractivity contribution in [2.24, 2.45) is 0 Å². The van der Waals surface area contributed by atoms with Crippen molar-refractivity contribution in [1.82, 2.24) is 0 Å². The number of methoxy groups -OCH3 is 1. The Kier molecular flexibility index (Phi) is 7.76. The predicted molar refractivity (Wildman–Crippen MR) is 128 cm³/mol. The monoisotopic (exact) mass is 518 g/mol. The first-order valence-corrected chi connectivity index (χ1v) is 12.0. The quantitative estimate of drug-likeness (QED) is 0.444. The number of ether oxygens (including phenoxy) is 2. The van der Waals surface area contributed by atoms with Gasteiger partial charge >= 0.3 is 0 Å². The van der Waals surface area contributed by atoms with E-state index in [2.05, 4.69) is 21.2 Å². The van der Waals surface area contributed by atoms with Crippen molar-refractivity contribution in [3.8, 4) is 11.5 Å². The largest absolute Gasteiger partial charge is 0.495 e. The molecule has 1 N–H and O–H groups in total. The van der Waals surface area contributed by atoms with Crippen LogP contribution in [0, 0.1) is 0 Å². The molecule has 0 heterocycles. The maximum atomic E-state index is 13.4. The van der Waals surface area contributed by atoms with E-state index in [1.54, 1.807) is 60.7 Å². The Labute approximate surface area is 196 Å². The molecule has 9 heteroatoms. The molecular formula is C23H23BrN2O5S. The zero-order chi connectivity index (χ0) is 23.1. The summed E-state index contributed by atoms with van der Waals surface area (Å²) in [6.07, 6.45) is 0. The van der Waals surface area contributed by atoms with Crippen molar-refractivity contribution in [3.63, 3.8) is 0 Å². The number of carbonyl (C=O) groups excluding carboxylic acids is 1. The van der Waals surface area contributed by atoms with Crippen LogP contribution >= 0.6 is 15.9 Å². The van der Waals surface area contributed by atoms with Gasteiger partial charge in [-0.25, -0.2) is 8.42 Å². The van der Waals surface area contributed by atoms with E-state index < -0.39 is 22.5 Å². The summed E-state index contributed by atoms with van der Waals surface area (Å²) in [5.41, 5.74) is 0.791. The van der Waals surface area contributed by atoms with Gasteiger partial charge in [-0.1, -0.05) is 28.1 Å². The molecule has 0 aliphatic rings. The summed E-state index contributed by atoms with van der Waals surface area (Å²) in [5, 5.41) is 2.72. The van der Waals surface area contributed by atoms with Gasteiger partial charge in [0, 0.05) is 4.47 Å². The number of nitrogens with zero attached hydrogens (tertiary/aromatic N) is 1. The summed E-state index contributed by atoms with van der Waals surface area (Å²) in [7, 11) is -2.52. The van der Waals surface area contributed by atoms with Crippen LogP contribution in [0.4, 0.5) is 11.4 Å². The number of sulfonamides is 1. The molecule has 0 saturated heterocycles. The fourth-order valence-electron chi connectivity index (χ4n) is 2.99. The molecule has 0 atom stereocenters. The number of rotatable bonds is 9. The molecule has 3 aromatic carbocycles. The van der Waals surface area contributed by atoms with Crippen molar-refractivity contribution >= 4 is 43.2 Å². The zero-order valence-corrected chi connectivity index (χ0v) is 20.0. The lowest BCUT2D eigenvalue weighted by Gasteiger charge is -2.24. The van der Waals surface area contributed by atoms with Crippen LogP contribution in [-0.4, -0.2) is 34.6 Å². The van der Waals surface area contributed by atoms with Crippen molar-refractivity contribution in [2.45, 2.75) is 11.8 Å². The van der Waals surface area contributed by atoms with Crippen molar-refractivity contribution in [3.05, 3.63) is 77.3 Å². The highest BCUT2D eigenvalue weighted by Gasteiger charge is 2.27. The summed E-state index contributed by atoms with van der Waals surface area (Å²) >= 11 is 3.31. The van der Waals surface area contributed by atoms with Crippen LogP contribution in [0.2, 0.25) is 0 Å². The SMILES string of the molecule is CCOc1ccc(N(CC(=O)Nc2ccccc2OC)S(=O)(=O)c2ccc(Br)cc2)cc1. The Balaban J connectivity index is 1.94. The molecule has 3 aromatic rings. The van der Waals surface area contributed by atoms with E-state index in [9.17, 15) is 13.2 Å². The molecule has 0 bridgehead atoms. The van der Waals surface area contributed by atoms with Gasteiger partial charge in [0.05, 0.1) is 30.0 Å². The third-order valence-electron chi connectivity index (χ3n) is 4.51. The second-order valence-electron chi connectivity index (χ2n) is 6.64. The number of carbonyl (C=O) groups is 1. The molecule has 0 aliphatic heterocycles. The van der Waals surface area contributed by atoms with Crippen LogP contribution in [0.1, 0.15) is 6.92 Å². The smallest absolute Gasteiger partial charge is 0.264 e. The first kappa shape index (κ1) is 23.6. The minimum atomic E-state index is -4.02.